The second kappa shape index (κ2) is 12.6. The molecule has 1 aliphatic rings. The minimum absolute atomic E-state index is 0.147. The van der Waals surface area contributed by atoms with Crippen LogP contribution >= 0.6 is 0 Å². The van der Waals surface area contributed by atoms with E-state index in [4.69, 9.17) is 32.8 Å². The van der Waals surface area contributed by atoms with Crippen molar-refractivity contribution in [2.24, 2.45) is 0 Å². The number of carbonyl (C=O) groups excluding carboxylic acids is 4. The van der Waals surface area contributed by atoms with Gasteiger partial charge in [0.25, 0.3) is 0 Å². The fourth-order valence-corrected chi connectivity index (χ4v) is 4.42. The number of fused-ring (bicyclic) bond motifs is 1. The third-order valence-electron chi connectivity index (χ3n) is 6.03. The van der Waals surface area contributed by atoms with Gasteiger partial charge >= 0.3 is 23.9 Å². The molecule has 12 nitrogen and oxygen atoms in total. The Hall–Kier alpha value is -4.71. The Morgan fingerprint density at radius 1 is 0.780 bits per heavy atom. The second-order valence-electron chi connectivity index (χ2n) is 9.19. The van der Waals surface area contributed by atoms with Gasteiger partial charge in [0.1, 0.15) is 30.3 Å². The predicted molar refractivity (Wildman–Crippen MR) is 141 cm³/mol. The normalized spacial score (nSPS) is 21.9. The van der Waals surface area contributed by atoms with Crippen molar-refractivity contribution in [1.82, 2.24) is 0 Å². The summed E-state index contributed by atoms with van der Waals surface area (Å²) < 4.78 is 38.9. The van der Waals surface area contributed by atoms with Gasteiger partial charge in [-0.25, -0.2) is 0 Å². The van der Waals surface area contributed by atoms with Crippen LogP contribution in [0.1, 0.15) is 27.7 Å². The first-order valence-corrected chi connectivity index (χ1v) is 12.6. The van der Waals surface area contributed by atoms with Gasteiger partial charge in [-0.2, -0.15) is 0 Å². The number of esters is 4. The van der Waals surface area contributed by atoms with Crippen LogP contribution in [0.3, 0.4) is 0 Å². The summed E-state index contributed by atoms with van der Waals surface area (Å²) >= 11 is 0. The van der Waals surface area contributed by atoms with Crippen LogP contribution in [0.4, 0.5) is 0 Å². The standard InChI is InChI=1S/C29H28O12/c1-15(30)35-14-24-26(37-16(2)31)27(38-17(3)32)28(39-18(4)33)29(41-24)40-20-10-11-21-23(12-20)36-13-22(25(21)34)19-8-6-5-7-9-19/h5-13,24,26-29H,14H2,1-4H3/t24-,26-,27+,28-,29+/m0/s1. The number of carbonyl (C=O) groups is 4. The molecule has 0 aliphatic carbocycles. The molecule has 1 aliphatic heterocycles. The Bertz CT molecular complexity index is 1490. The molecule has 5 atom stereocenters. The van der Waals surface area contributed by atoms with Crippen molar-refractivity contribution in [3.63, 3.8) is 0 Å². The first-order chi connectivity index (χ1) is 19.5. The van der Waals surface area contributed by atoms with E-state index in [-0.39, 0.29) is 16.8 Å². The average molecular weight is 569 g/mol. The first-order valence-electron chi connectivity index (χ1n) is 12.6. The van der Waals surface area contributed by atoms with E-state index in [2.05, 4.69) is 0 Å². The molecule has 1 saturated heterocycles. The zero-order valence-corrected chi connectivity index (χ0v) is 22.7. The van der Waals surface area contributed by atoms with E-state index >= 15 is 0 Å². The maximum Gasteiger partial charge on any atom is 0.303 e. The molecule has 0 N–H and O–H groups in total. The van der Waals surface area contributed by atoms with Gasteiger partial charge in [0.15, 0.2) is 17.6 Å². The summed E-state index contributed by atoms with van der Waals surface area (Å²) in [5, 5.41) is 0.292. The van der Waals surface area contributed by atoms with Crippen LogP contribution in [0.25, 0.3) is 22.1 Å². The highest BCUT2D eigenvalue weighted by Crippen LogP contribution is 2.32. The maximum absolute atomic E-state index is 13.1. The first kappa shape index (κ1) is 29.3. The molecule has 41 heavy (non-hydrogen) atoms. The lowest BCUT2D eigenvalue weighted by Crippen LogP contribution is -2.63. The van der Waals surface area contributed by atoms with E-state index in [1.807, 2.05) is 18.2 Å². The molecule has 0 radical (unpaired) electrons. The smallest absolute Gasteiger partial charge is 0.303 e. The Morgan fingerprint density at radius 2 is 1.41 bits per heavy atom. The van der Waals surface area contributed by atoms with Crippen molar-refractivity contribution in [3.8, 4) is 16.9 Å². The van der Waals surface area contributed by atoms with Gasteiger partial charge in [-0.05, 0) is 17.7 Å². The molecule has 3 aromatic rings. The summed E-state index contributed by atoms with van der Waals surface area (Å²) in [5.41, 5.74) is 1.03. The molecule has 2 aromatic carbocycles. The van der Waals surface area contributed by atoms with E-state index in [9.17, 15) is 24.0 Å². The van der Waals surface area contributed by atoms with Gasteiger partial charge in [-0.15, -0.1) is 0 Å². The highest BCUT2D eigenvalue weighted by molar-refractivity contribution is 5.82. The van der Waals surface area contributed by atoms with Crippen LogP contribution in [0, 0.1) is 0 Å². The largest absolute Gasteiger partial charge is 0.463 e. The second-order valence-corrected chi connectivity index (χ2v) is 9.19. The zero-order valence-electron chi connectivity index (χ0n) is 22.7. The molecule has 216 valence electrons. The minimum atomic E-state index is -1.43. The summed E-state index contributed by atoms with van der Waals surface area (Å²) in [6, 6.07) is 13.5. The zero-order chi connectivity index (χ0) is 29.7. The van der Waals surface area contributed by atoms with Gasteiger partial charge in [-0.3, -0.25) is 24.0 Å². The molecule has 1 aromatic heterocycles. The highest BCUT2D eigenvalue weighted by atomic mass is 16.7. The lowest BCUT2D eigenvalue weighted by molar-refractivity contribution is -0.288. The van der Waals surface area contributed by atoms with Gasteiger partial charge in [0, 0.05) is 33.8 Å². The van der Waals surface area contributed by atoms with Crippen molar-refractivity contribution in [2.75, 3.05) is 6.61 Å². The predicted octanol–water partition coefficient (Wildman–Crippen LogP) is 2.92. The average Bonchev–Trinajstić information content (AvgIpc) is 2.91. The molecule has 12 heteroatoms. The van der Waals surface area contributed by atoms with Crippen molar-refractivity contribution >= 4 is 34.8 Å². The Morgan fingerprint density at radius 3 is 2.05 bits per heavy atom. The summed E-state index contributed by atoms with van der Waals surface area (Å²) in [6.45, 7) is 4.16. The topological polar surface area (TPSA) is 154 Å². The SMILES string of the molecule is CC(=O)OC[C@@H]1O[C@@H](Oc2ccc3c(=O)c(-c4ccccc4)coc3c2)[C@@H](OC(C)=O)[C@H](OC(C)=O)[C@H]1OC(C)=O. The third-order valence-corrected chi connectivity index (χ3v) is 6.03. The van der Waals surface area contributed by atoms with E-state index in [1.165, 1.54) is 31.4 Å². The van der Waals surface area contributed by atoms with Crippen LogP contribution in [0.15, 0.2) is 64.0 Å². The van der Waals surface area contributed by atoms with E-state index < -0.39 is 61.2 Å². The molecule has 0 unspecified atom stereocenters. The summed E-state index contributed by atoms with van der Waals surface area (Å²) in [7, 11) is 0. The van der Waals surface area contributed by atoms with Gasteiger partial charge in [0.05, 0.1) is 10.9 Å². The van der Waals surface area contributed by atoms with Gasteiger partial charge in [0.2, 0.25) is 12.4 Å². The van der Waals surface area contributed by atoms with E-state index in [0.717, 1.165) is 20.8 Å². The molecule has 4 rings (SSSR count). The number of ether oxygens (including phenoxy) is 6. The highest BCUT2D eigenvalue weighted by Gasteiger charge is 2.53. The third kappa shape index (κ3) is 7.09. The van der Waals surface area contributed by atoms with E-state index in [1.54, 1.807) is 12.1 Å². The molecular formula is C29H28O12. The molecule has 0 spiro atoms. The van der Waals surface area contributed by atoms with Crippen LogP contribution in [-0.4, -0.2) is 61.2 Å². The number of rotatable bonds is 8. The van der Waals surface area contributed by atoms with Gasteiger partial charge < -0.3 is 32.8 Å². The number of hydrogen-bond donors (Lipinski definition) is 0. The lowest BCUT2D eigenvalue weighted by atomic mass is 9.98. The quantitative estimate of drug-likeness (QED) is 0.290. The van der Waals surface area contributed by atoms with Crippen molar-refractivity contribution < 1.29 is 52.0 Å². The lowest BCUT2D eigenvalue weighted by Gasteiger charge is -2.43. The maximum atomic E-state index is 13.1. The Kier molecular flexibility index (Phi) is 9.03. The number of hydrogen-bond acceptors (Lipinski definition) is 12. The monoisotopic (exact) mass is 568 g/mol. The Labute approximate surface area is 234 Å². The number of benzene rings is 2. The van der Waals surface area contributed by atoms with Crippen molar-refractivity contribution in [3.05, 3.63) is 65.0 Å². The molecule has 0 bridgehead atoms. The van der Waals surface area contributed by atoms with Gasteiger partial charge in [-0.1, -0.05) is 30.3 Å². The Balaban J connectivity index is 1.70. The molecule has 1 fully saturated rings. The van der Waals surface area contributed by atoms with Crippen LogP contribution in [0.5, 0.6) is 5.75 Å². The molecule has 0 saturated carbocycles. The van der Waals surface area contributed by atoms with Crippen LogP contribution < -0.4 is 10.2 Å². The minimum Gasteiger partial charge on any atom is -0.463 e. The van der Waals surface area contributed by atoms with Crippen molar-refractivity contribution in [2.45, 2.75) is 58.4 Å². The summed E-state index contributed by atoms with van der Waals surface area (Å²) in [5.74, 6) is -2.77. The molecular weight excluding hydrogens is 540 g/mol. The summed E-state index contributed by atoms with van der Waals surface area (Å²) in [4.78, 5) is 60.6. The fraction of sp³-hybridized carbons (Fsp3) is 0.345. The fourth-order valence-electron chi connectivity index (χ4n) is 4.42. The van der Waals surface area contributed by atoms with Crippen molar-refractivity contribution in [1.29, 1.82) is 0 Å². The molecule has 0 amide bonds. The van der Waals surface area contributed by atoms with Crippen LogP contribution in [-0.2, 0) is 42.9 Å². The molecule has 2 heterocycles. The van der Waals surface area contributed by atoms with Crippen LogP contribution in [0.2, 0.25) is 0 Å². The summed E-state index contributed by atoms with van der Waals surface area (Å²) in [6.07, 6.45) is -5.35. The van der Waals surface area contributed by atoms with E-state index in [0.29, 0.717) is 16.5 Å².